The Morgan fingerprint density at radius 1 is 1.35 bits per heavy atom. The molecule has 112 valence electrons. The largest absolute Gasteiger partial charge is 0.346 e. The van der Waals surface area contributed by atoms with Crippen molar-refractivity contribution in [3.63, 3.8) is 0 Å². The maximum atomic E-state index is 4.82. The third-order valence-electron chi connectivity index (χ3n) is 4.69. The first-order valence-corrected chi connectivity index (χ1v) is 8.78. The van der Waals surface area contributed by atoms with E-state index < -0.39 is 0 Å². The molecule has 2 fully saturated rings. The van der Waals surface area contributed by atoms with E-state index in [9.17, 15) is 0 Å². The van der Waals surface area contributed by atoms with Crippen LogP contribution in [0.1, 0.15) is 38.3 Å². The number of likely N-dealkylation sites (N-methyl/N-ethyl adjacent to an activating group) is 1. The lowest BCUT2D eigenvalue weighted by Crippen LogP contribution is -2.36. The normalized spacial score (nSPS) is 27.0. The van der Waals surface area contributed by atoms with E-state index in [4.69, 9.17) is 4.98 Å². The van der Waals surface area contributed by atoms with Crippen LogP contribution in [-0.2, 0) is 6.54 Å². The summed E-state index contributed by atoms with van der Waals surface area (Å²) in [7, 11) is 2.30. The zero-order valence-corrected chi connectivity index (χ0v) is 13.5. The number of rotatable bonds is 5. The molecule has 2 unspecified atom stereocenters. The van der Waals surface area contributed by atoms with Gasteiger partial charge in [-0.1, -0.05) is 6.92 Å². The van der Waals surface area contributed by atoms with Gasteiger partial charge in [0.05, 0.1) is 5.69 Å². The lowest BCUT2D eigenvalue weighted by Gasteiger charge is -2.25. The minimum atomic E-state index is 0.730. The highest BCUT2D eigenvalue weighted by Crippen LogP contribution is 2.31. The van der Waals surface area contributed by atoms with Crippen molar-refractivity contribution >= 4 is 16.5 Å². The van der Waals surface area contributed by atoms with E-state index in [-0.39, 0.29) is 0 Å². The molecule has 2 aliphatic rings. The molecule has 0 radical (unpaired) electrons. The van der Waals surface area contributed by atoms with Crippen molar-refractivity contribution in [1.82, 2.24) is 15.2 Å². The highest BCUT2D eigenvalue weighted by atomic mass is 32.1. The average molecular weight is 294 g/mol. The number of nitrogens with one attached hydrogen (secondary N) is 1. The van der Waals surface area contributed by atoms with Gasteiger partial charge in [-0.2, -0.15) is 0 Å². The molecule has 0 amide bonds. The van der Waals surface area contributed by atoms with Crippen LogP contribution >= 0.6 is 11.3 Å². The summed E-state index contributed by atoms with van der Waals surface area (Å²) < 4.78 is 0. The van der Waals surface area contributed by atoms with E-state index in [1.165, 1.54) is 43.1 Å². The standard InChI is InChI=1S/C15H26N4S/c1-3-7-16-9-12-11-20-15(17-12)19-8-6-13-4-5-14(10-19)18(13)2/h11,13-14,16H,3-10H2,1-2H3. The lowest BCUT2D eigenvalue weighted by atomic mass is 10.1. The van der Waals surface area contributed by atoms with Gasteiger partial charge >= 0.3 is 0 Å². The monoisotopic (exact) mass is 294 g/mol. The van der Waals surface area contributed by atoms with E-state index in [1.54, 1.807) is 0 Å². The first-order chi connectivity index (χ1) is 9.78. The number of fused-ring (bicyclic) bond motifs is 2. The molecule has 0 saturated carbocycles. The van der Waals surface area contributed by atoms with Crippen LogP contribution in [0.4, 0.5) is 5.13 Å². The Morgan fingerprint density at radius 3 is 3.05 bits per heavy atom. The smallest absolute Gasteiger partial charge is 0.185 e. The van der Waals surface area contributed by atoms with Crippen LogP contribution in [0.5, 0.6) is 0 Å². The molecule has 2 aliphatic heterocycles. The second kappa shape index (κ2) is 6.41. The van der Waals surface area contributed by atoms with Gasteiger partial charge in [0.15, 0.2) is 5.13 Å². The van der Waals surface area contributed by atoms with E-state index >= 15 is 0 Å². The van der Waals surface area contributed by atoms with Crippen molar-refractivity contribution in [2.45, 2.75) is 51.2 Å². The molecule has 1 aromatic rings. The highest BCUT2D eigenvalue weighted by molar-refractivity contribution is 7.13. The Labute approximate surface area is 126 Å². The van der Waals surface area contributed by atoms with E-state index in [0.29, 0.717) is 0 Å². The molecule has 2 atom stereocenters. The van der Waals surface area contributed by atoms with Gasteiger partial charge < -0.3 is 10.2 Å². The Balaban J connectivity index is 1.61. The number of hydrogen-bond acceptors (Lipinski definition) is 5. The molecule has 2 saturated heterocycles. The lowest BCUT2D eigenvalue weighted by molar-refractivity contribution is 0.254. The Bertz CT molecular complexity index is 433. The zero-order valence-electron chi connectivity index (χ0n) is 12.6. The van der Waals surface area contributed by atoms with Gasteiger partial charge in [0, 0.05) is 37.1 Å². The third-order valence-corrected chi connectivity index (χ3v) is 5.64. The minimum absolute atomic E-state index is 0.730. The number of nitrogens with zero attached hydrogens (tertiary/aromatic N) is 3. The SMILES string of the molecule is CCCNCc1csc(N2CCC3CCC(C2)N3C)n1. The van der Waals surface area contributed by atoms with Crippen molar-refractivity contribution in [3.8, 4) is 0 Å². The Kier molecular flexibility index (Phi) is 4.58. The van der Waals surface area contributed by atoms with Gasteiger partial charge in [0.2, 0.25) is 0 Å². The van der Waals surface area contributed by atoms with E-state index in [1.807, 2.05) is 11.3 Å². The first-order valence-electron chi connectivity index (χ1n) is 7.90. The fourth-order valence-electron chi connectivity index (χ4n) is 3.40. The second-order valence-corrected chi connectivity index (χ2v) is 6.92. The topological polar surface area (TPSA) is 31.4 Å². The molecule has 0 aromatic carbocycles. The molecule has 3 heterocycles. The van der Waals surface area contributed by atoms with Gasteiger partial charge in [-0.3, -0.25) is 4.90 Å². The van der Waals surface area contributed by atoms with Crippen LogP contribution in [-0.4, -0.2) is 48.6 Å². The van der Waals surface area contributed by atoms with Crippen molar-refractivity contribution < 1.29 is 0 Å². The van der Waals surface area contributed by atoms with E-state index in [0.717, 1.165) is 31.7 Å². The molecule has 1 aromatic heterocycles. The van der Waals surface area contributed by atoms with Gasteiger partial charge in [0.1, 0.15) is 0 Å². The first kappa shape index (κ1) is 14.3. The van der Waals surface area contributed by atoms with Crippen molar-refractivity contribution in [1.29, 1.82) is 0 Å². The zero-order chi connectivity index (χ0) is 13.9. The molecule has 3 rings (SSSR count). The summed E-state index contributed by atoms with van der Waals surface area (Å²) in [6.07, 6.45) is 5.21. The van der Waals surface area contributed by atoms with Crippen molar-refractivity contribution in [2.24, 2.45) is 0 Å². The summed E-state index contributed by atoms with van der Waals surface area (Å²) >= 11 is 1.81. The molecule has 0 aliphatic carbocycles. The third kappa shape index (κ3) is 3.00. The number of thiazole rings is 1. The molecular weight excluding hydrogens is 268 g/mol. The second-order valence-electron chi connectivity index (χ2n) is 6.08. The molecule has 1 N–H and O–H groups in total. The summed E-state index contributed by atoms with van der Waals surface area (Å²) in [5.74, 6) is 0. The molecular formula is C15H26N4S. The van der Waals surface area contributed by atoms with Gasteiger partial charge in [-0.15, -0.1) is 11.3 Å². The summed E-state index contributed by atoms with van der Waals surface area (Å²) in [4.78, 5) is 9.92. The van der Waals surface area contributed by atoms with Crippen molar-refractivity contribution in [2.75, 3.05) is 31.6 Å². The fourth-order valence-corrected chi connectivity index (χ4v) is 4.26. The summed E-state index contributed by atoms with van der Waals surface area (Å²) in [6, 6.07) is 1.53. The van der Waals surface area contributed by atoms with Crippen LogP contribution in [0.15, 0.2) is 5.38 Å². The summed E-state index contributed by atoms with van der Waals surface area (Å²) in [5.41, 5.74) is 1.20. The van der Waals surface area contributed by atoms with Crippen LogP contribution in [0.25, 0.3) is 0 Å². The van der Waals surface area contributed by atoms with Crippen LogP contribution in [0.2, 0.25) is 0 Å². The van der Waals surface area contributed by atoms with Crippen molar-refractivity contribution in [3.05, 3.63) is 11.1 Å². The molecule has 5 heteroatoms. The maximum absolute atomic E-state index is 4.82. The van der Waals surface area contributed by atoms with Crippen LogP contribution in [0, 0.1) is 0 Å². The molecule has 20 heavy (non-hydrogen) atoms. The maximum Gasteiger partial charge on any atom is 0.185 e. The molecule has 4 nitrogen and oxygen atoms in total. The molecule has 2 bridgehead atoms. The summed E-state index contributed by atoms with van der Waals surface area (Å²) in [6.45, 7) is 6.50. The Hall–Kier alpha value is -0.650. The van der Waals surface area contributed by atoms with E-state index in [2.05, 4.69) is 34.5 Å². The van der Waals surface area contributed by atoms with Gasteiger partial charge in [-0.05, 0) is 39.3 Å². The average Bonchev–Trinajstić information content (AvgIpc) is 2.97. The highest BCUT2D eigenvalue weighted by Gasteiger charge is 2.35. The fraction of sp³-hybridized carbons (Fsp3) is 0.800. The Morgan fingerprint density at radius 2 is 2.20 bits per heavy atom. The quantitative estimate of drug-likeness (QED) is 0.845. The predicted octanol–water partition coefficient (Wildman–Crippen LogP) is 2.32. The van der Waals surface area contributed by atoms with Gasteiger partial charge in [0.25, 0.3) is 0 Å². The number of hydrogen-bond donors (Lipinski definition) is 1. The van der Waals surface area contributed by atoms with Gasteiger partial charge in [-0.25, -0.2) is 4.98 Å². The summed E-state index contributed by atoms with van der Waals surface area (Å²) in [5, 5.41) is 6.87. The number of aromatic nitrogens is 1. The predicted molar refractivity (Wildman–Crippen MR) is 85.5 cm³/mol. The molecule has 0 spiro atoms. The number of anilines is 1. The van der Waals surface area contributed by atoms with Crippen LogP contribution < -0.4 is 10.2 Å². The minimum Gasteiger partial charge on any atom is -0.346 e. The van der Waals surface area contributed by atoms with Crippen LogP contribution in [0.3, 0.4) is 0 Å².